The van der Waals surface area contributed by atoms with Crippen LogP contribution in [0.25, 0.3) is 0 Å². The molecule has 0 saturated carbocycles. The van der Waals surface area contributed by atoms with E-state index in [9.17, 15) is 9.18 Å². The molecule has 0 aromatic heterocycles. The van der Waals surface area contributed by atoms with Crippen LogP contribution in [0.3, 0.4) is 0 Å². The highest BCUT2D eigenvalue weighted by molar-refractivity contribution is 7.80. The van der Waals surface area contributed by atoms with Crippen LogP contribution < -0.4 is 16.0 Å². The zero-order chi connectivity index (χ0) is 18.4. The van der Waals surface area contributed by atoms with Gasteiger partial charge in [0, 0.05) is 11.3 Å². The number of thiocarbonyl (C=S) groups is 1. The summed E-state index contributed by atoms with van der Waals surface area (Å²) in [5.74, 6) is -0.692. The van der Waals surface area contributed by atoms with Gasteiger partial charge in [0.25, 0.3) is 5.91 Å². The average Bonchev–Trinajstić information content (AvgIpc) is 2.56. The monoisotopic (exact) mass is 399 g/mol. The van der Waals surface area contributed by atoms with Crippen molar-refractivity contribution in [3.8, 4) is 0 Å². The number of hydrogen-bond donors (Lipinski definition) is 3. The summed E-state index contributed by atoms with van der Waals surface area (Å²) in [6, 6.07) is 12.7. The predicted molar refractivity (Wildman–Crippen MR) is 104 cm³/mol. The summed E-state index contributed by atoms with van der Waals surface area (Å²) in [7, 11) is 0. The van der Waals surface area contributed by atoms with E-state index in [2.05, 4.69) is 16.0 Å². The molecule has 0 spiro atoms. The Balaban J connectivity index is 1.97. The predicted octanol–water partition coefficient (Wildman–Crippen LogP) is 3.98. The first-order valence-electron chi connectivity index (χ1n) is 7.34. The van der Waals surface area contributed by atoms with Crippen LogP contribution in [0.2, 0.25) is 0 Å². The standard InChI is InChI=1S/C17H16Cl2FN3OS/c1-10-2-4-11(5-3-10)16(24)22-15(14(18)19)23-17(25)21-13-8-6-12(20)7-9-13/h2-9,14-15H,1H3,(H,22,24)(H2,21,23,25)/t15-/m1/s1. The van der Waals surface area contributed by atoms with Gasteiger partial charge in [0.15, 0.2) is 5.11 Å². The average molecular weight is 400 g/mol. The van der Waals surface area contributed by atoms with Crippen LogP contribution in [0, 0.1) is 12.7 Å². The Kier molecular flexibility index (Phi) is 6.99. The maximum absolute atomic E-state index is 12.9. The highest BCUT2D eigenvalue weighted by atomic mass is 35.5. The first-order valence-corrected chi connectivity index (χ1v) is 8.62. The SMILES string of the molecule is Cc1ccc(C(=O)N[C@H](NC(=S)Nc2ccc(F)cc2)C(Cl)Cl)cc1. The molecule has 2 aromatic carbocycles. The third kappa shape index (κ3) is 6.16. The highest BCUT2D eigenvalue weighted by Crippen LogP contribution is 2.11. The van der Waals surface area contributed by atoms with E-state index in [-0.39, 0.29) is 16.8 Å². The molecule has 0 aliphatic rings. The van der Waals surface area contributed by atoms with Crippen molar-refractivity contribution in [3.05, 3.63) is 65.5 Å². The Morgan fingerprint density at radius 3 is 2.20 bits per heavy atom. The maximum atomic E-state index is 12.9. The summed E-state index contributed by atoms with van der Waals surface area (Å²) in [6.45, 7) is 1.93. The van der Waals surface area contributed by atoms with Crippen LogP contribution in [0.15, 0.2) is 48.5 Å². The lowest BCUT2D eigenvalue weighted by Gasteiger charge is -2.23. The molecular weight excluding hydrogens is 384 g/mol. The van der Waals surface area contributed by atoms with Gasteiger partial charge in [0.1, 0.15) is 16.8 Å². The van der Waals surface area contributed by atoms with Crippen molar-refractivity contribution < 1.29 is 9.18 Å². The second-order valence-electron chi connectivity index (χ2n) is 5.26. The second kappa shape index (κ2) is 8.99. The smallest absolute Gasteiger partial charge is 0.252 e. The van der Waals surface area contributed by atoms with Gasteiger partial charge in [-0.2, -0.15) is 0 Å². The van der Waals surface area contributed by atoms with E-state index in [1.165, 1.54) is 24.3 Å². The first-order chi connectivity index (χ1) is 11.8. The normalized spacial score (nSPS) is 11.7. The topological polar surface area (TPSA) is 53.2 Å². The number of amides is 1. The number of benzene rings is 2. The summed E-state index contributed by atoms with van der Waals surface area (Å²) in [6.07, 6.45) is -0.808. The van der Waals surface area contributed by atoms with Gasteiger partial charge < -0.3 is 16.0 Å². The minimum Gasteiger partial charge on any atom is -0.340 e. The van der Waals surface area contributed by atoms with Crippen molar-refractivity contribution in [1.29, 1.82) is 0 Å². The number of hydrogen-bond acceptors (Lipinski definition) is 2. The Bertz CT molecular complexity index is 739. The van der Waals surface area contributed by atoms with Gasteiger partial charge in [-0.1, -0.05) is 17.7 Å². The first kappa shape index (κ1) is 19.4. The van der Waals surface area contributed by atoms with Gasteiger partial charge in [-0.3, -0.25) is 4.79 Å². The van der Waals surface area contributed by atoms with Gasteiger partial charge in [-0.15, -0.1) is 23.2 Å². The molecule has 25 heavy (non-hydrogen) atoms. The Morgan fingerprint density at radius 2 is 1.64 bits per heavy atom. The van der Waals surface area contributed by atoms with Crippen LogP contribution >= 0.6 is 35.4 Å². The van der Waals surface area contributed by atoms with Crippen molar-refractivity contribution in [2.24, 2.45) is 0 Å². The fourth-order valence-corrected chi connectivity index (χ4v) is 2.43. The minimum atomic E-state index is -0.942. The van der Waals surface area contributed by atoms with Gasteiger partial charge in [-0.05, 0) is 55.5 Å². The molecule has 1 amide bonds. The number of carbonyl (C=O) groups excluding carboxylic acids is 1. The zero-order valence-corrected chi connectivity index (χ0v) is 15.6. The third-order valence-electron chi connectivity index (χ3n) is 3.24. The number of nitrogens with one attached hydrogen (secondary N) is 3. The van der Waals surface area contributed by atoms with Gasteiger partial charge >= 0.3 is 0 Å². The fraction of sp³-hybridized carbons (Fsp3) is 0.176. The number of aryl methyl sites for hydroxylation is 1. The van der Waals surface area contributed by atoms with E-state index in [0.717, 1.165) is 5.56 Å². The lowest BCUT2D eigenvalue weighted by molar-refractivity contribution is 0.0936. The number of anilines is 1. The molecular formula is C17H16Cl2FN3OS. The molecule has 1 atom stereocenters. The molecule has 3 N–H and O–H groups in total. The lowest BCUT2D eigenvalue weighted by Crippen LogP contribution is -2.52. The van der Waals surface area contributed by atoms with Gasteiger partial charge in [0.2, 0.25) is 0 Å². The van der Waals surface area contributed by atoms with E-state index < -0.39 is 11.0 Å². The Morgan fingerprint density at radius 1 is 1.04 bits per heavy atom. The van der Waals surface area contributed by atoms with Crippen LogP contribution in [0.5, 0.6) is 0 Å². The van der Waals surface area contributed by atoms with Crippen LogP contribution in [-0.2, 0) is 0 Å². The molecule has 0 radical (unpaired) electrons. The molecule has 0 aliphatic heterocycles. The molecule has 0 aliphatic carbocycles. The van der Waals surface area contributed by atoms with E-state index >= 15 is 0 Å². The quantitative estimate of drug-likeness (QED) is 0.404. The molecule has 8 heteroatoms. The maximum Gasteiger partial charge on any atom is 0.252 e. The van der Waals surface area contributed by atoms with E-state index in [1.807, 2.05) is 19.1 Å². The van der Waals surface area contributed by atoms with E-state index in [1.54, 1.807) is 12.1 Å². The Labute approximate surface area is 160 Å². The zero-order valence-electron chi connectivity index (χ0n) is 13.2. The van der Waals surface area contributed by atoms with Crippen molar-refractivity contribution in [3.63, 3.8) is 0 Å². The molecule has 0 fully saturated rings. The van der Waals surface area contributed by atoms with E-state index in [4.69, 9.17) is 35.4 Å². The molecule has 0 unspecified atom stereocenters. The lowest BCUT2D eigenvalue weighted by atomic mass is 10.1. The van der Waals surface area contributed by atoms with Crippen molar-refractivity contribution in [1.82, 2.24) is 10.6 Å². The number of halogens is 3. The van der Waals surface area contributed by atoms with Crippen molar-refractivity contribution >= 4 is 52.1 Å². The van der Waals surface area contributed by atoms with Crippen molar-refractivity contribution in [2.45, 2.75) is 17.9 Å². The second-order valence-corrected chi connectivity index (χ2v) is 6.83. The third-order valence-corrected chi connectivity index (χ3v) is 3.96. The molecule has 2 rings (SSSR count). The molecule has 4 nitrogen and oxygen atoms in total. The molecule has 0 saturated heterocycles. The number of alkyl halides is 2. The molecule has 0 bridgehead atoms. The van der Waals surface area contributed by atoms with Crippen LogP contribution in [-0.4, -0.2) is 22.0 Å². The van der Waals surface area contributed by atoms with E-state index in [0.29, 0.717) is 11.3 Å². The molecule has 2 aromatic rings. The van der Waals surface area contributed by atoms with Crippen LogP contribution in [0.1, 0.15) is 15.9 Å². The number of rotatable bonds is 5. The summed E-state index contributed by atoms with van der Waals surface area (Å²) >= 11 is 17.0. The van der Waals surface area contributed by atoms with Crippen LogP contribution in [0.4, 0.5) is 10.1 Å². The van der Waals surface area contributed by atoms with Gasteiger partial charge in [-0.25, -0.2) is 4.39 Å². The van der Waals surface area contributed by atoms with Crippen molar-refractivity contribution in [2.75, 3.05) is 5.32 Å². The summed E-state index contributed by atoms with van der Waals surface area (Å²) < 4.78 is 12.9. The minimum absolute atomic E-state index is 0.187. The molecule has 0 heterocycles. The Hall–Kier alpha value is -1.89. The van der Waals surface area contributed by atoms with Gasteiger partial charge in [0.05, 0.1) is 0 Å². The highest BCUT2D eigenvalue weighted by Gasteiger charge is 2.21. The number of carbonyl (C=O) groups is 1. The fourth-order valence-electron chi connectivity index (χ4n) is 1.93. The largest absolute Gasteiger partial charge is 0.340 e. The summed E-state index contributed by atoms with van der Waals surface area (Å²) in [5.41, 5.74) is 2.11. The summed E-state index contributed by atoms with van der Waals surface area (Å²) in [4.78, 5) is 11.3. The summed E-state index contributed by atoms with van der Waals surface area (Å²) in [5, 5.41) is 8.55. The molecule has 132 valence electrons.